The average Bonchev–Trinajstić information content (AvgIpc) is 2.56. The highest BCUT2D eigenvalue weighted by atomic mass is 32.2. The number of anilines is 1. The van der Waals surface area contributed by atoms with Gasteiger partial charge in [0.25, 0.3) is 0 Å². The first-order chi connectivity index (χ1) is 11.0. The number of amides is 1. The first-order valence-corrected chi connectivity index (χ1v) is 8.77. The molecule has 0 bridgehead atoms. The van der Waals surface area contributed by atoms with Crippen LogP contribution < -0.4 is 10.6 Å². The number of rotatable bonds is 7. The molecule has 1 aromatic rings. The zero-order valence-electron chi connectivity index (χ0n) is 12.8. The molecule has 0 spiro atoms. The van der Waals surface area contributed by atoms with Crippen LogP contribution in [0.2, 0.25) is 0 Å². The molecule has 8 heteroatoms. The maximum Gasteiger partial charge on any atom is 0.243 e. The second-order valence-electron chi connectivity index (χ2n) is 5.01. The molecule has 1 heterocycles. The SMILES string of the molecule is C=CCNCC(=O)Nc1ccc(S(=O)(=O)N2CCOCC2)cc1. The lowest BCUT2D eigenvalue weighted by atomic mass is 10.3. The fourth-order valence-electron chi connectivity index (χ4n) is 2.14. The third kappa shape index (κ3) is 4.87. The van der Waals surface area contributed by atoms with Crippen molar-refractivity contribution in [3.63, 3.8) is 0 Å². The van der Waals surface area contributed by atoms with Crippen LogP contribution in [0.1, 0.15) is 0 Å². The highest BCUT2D eigenvalue weighted by Crippen LogP contribution is 2.19. The Hall–Kier alpha value is -1.74. The van der Waals surface area contributed by atoms with Gasteiger partial charge in [-0.2, -0.15) is 4.31 Å². The smallest absolute Gasteiger partial charge is 0.243 e. The Morgan fingerprint density at radius 1 is 1.26 bits per heavy atom. The van der Waals surface area contributed by atoms with Crippen LogP contribution in [0, 0.1) is 0 Å². The number of carbonyl (C=O) groups is 1. The molecule has 0 aliphatic carbocycles. The molecular formula is C15H21N3O4S. The zero-order chi connectivity index (χ0) is 16.7. The van der Waals surface area contributed by atoms with E-state index in [4.69, 9.17) is 4.74 Å². The molecular weight excluding hydrogens is 318 g/mol. The van der Waals surface area contributed by atoms with Crippen LogP contribution >= 0.6 is 0 Å². The van der Waals surface area contributed by atoms with Crippen molar-refractivity contribution in [1.82, 2.24) is 9.62 Å². The maximum absolute atomic E-state index is 12.5. The summed E-state index contributed by atoms with van der Waals surface area (Å²) < 4.78 is 31.5. The minimum atomic E-state index is -3.51. The number of hydrogen-bond donors (Lipinski definition) is 2. The third-order valence-corrected chi connectivity index (χ3v) is 5.23. The van der Waals surface area contributed by atoms with Crippen LogP contribution in [0.15, 0.2) is 41.8 Å². The fourth-order valence-corrected chi connectivity index (χ4v) is 3.55. The monoisotopic (exact) mass is 339 g/mol. The van der Waals surface area contributed by atoms with Gasteiger partial charge < -0.3 is 15.4 Å². The summed E-state index contributed by atoms with van der Waals surface area (Å²) in [7, 11) is -3.51. The van der Waals surface area contributed by atoms with Crippen molar-refractivity contribution >= 4 is 21.6 Å². The van der Waals surface area contributed by atoms with Gasteiger partial charge >= 0.3 is 0 Å². The van der Waals surface area contributed by atoms with E-state index in [0.29, 0.717) is 38.5 Å². The number of benzene rings is 1. The molecule has 0 saturated carbocycles. The zero-order valence-corrected chi connectivity index (χ0v) is 13.6. The van der Waals surface area contributed by atoms with Crippen LogP contribution in [0.5, 0.6) is 0 Å². The van der Waals surface area contributed by atoms with E-state index in [1.807, 2.05) is 0 Å². The van der Waals surface area contributed by atoms with E-state index < -0.39 is 10.0 Å². The fraction of sp³-hybridized carbons (Fsp3) is 0.400. The quantitative estimate of drug-likeness (QED) is 0.555. The molecule has 1 saturated heterocycles. The molecule has 1 aliphatic heterocycles. The minimum Gasteiger partial charge on any atom is -0.379 e. The van der Waals surface area contributed by atoms with Crippen molar-refractivity contribution in [2.75, 3.05) is 44.7 Å². The van der Waals surface area contributed by atoms with Gasteiger partial charge in [0.05, 0.1) is 24.7 Å². The highest BCUT2D eigenvalue weighted by molar-refractivity contribution is 7.89. The summed E-state index contributed by atoms with van der Waals surface area (Å²) in [5.74, 6) is -0.198. The second kappa shape index (κ2) is 8.21. The van der Waals surface area contributed by atoms with Crippen LogP contribution in [0.3, 0.4) is 0 Å². The molecule has 23 heavy (non-hydrogen) atoms. The number of nitrogens with zero attached hydrogens (tertiary/aromatic N) is 1. The second-order valence-corrected chi connectivity index (χ2v) is 6.95. The lowest BCUT2D eigenvalue weighted by Crippen LogP contribution is -2.40. The summed E-state index contributed by atoms with van der Waals surface area (Å²) >= 11 is 0. The molecule has 2 N–H and O–H groups in total. The molecule has 0 atom stereocenters. The predicted molar refractivity (Wildman–Crippen MR) is 87.7 cm³/mol. The Bertz CT molecular complexity index is 637. The molecule has 1 aromatic carbocycles. The molecule has 0 aromatic heterocycles. The van der Waals surface area contributed by atoms with Gasteiger partial charge in [-0.15, -0.1) is 6.58 Å². The van der Waals surface area contributed by atoms with Crippen LogP contribution in [0.25, 0.3) is 0 Å². The van der Waals surface area contributed by atoms with Gasteiger partial charge in [-0.3, -0.25) is 4.79 Å². The lowest BCUT2D eigenvalue weighted by molar-refractivity contribution is -0.115. The standard InChI is InChI=1S/C15H21N3O4S/c1-2-7-16-12-15(19)17-13-3-5-14(6-4-13)23(20,21)18-8-10-22-11-9-18/h2-6,16H,1,7-12H2,(H,17,19). The van der Waals surface area contributed by atoms with Gasteiger partial charge in [0, 0.05) is 25.3 Å². The molecule has 1 fully saturated rings. The van der Waals surface area contributed by atoms with E-state index in [1.165, 1.54) is 16.4 Å². The van der Waals surface area contributed by atoms with Gasteiger partial charge in [0.1, 0.15) is 0 Å². The molecule has 2 rings (SSSR count). The van der Waals surface area contributed by atoms with Crippen molar-refractivity contribution in [2.24, 2.45) is 0 Å². The Balaban J connectivity index is 1.98. The van der Waals surface area contributed by atoms with Crippen molar-refractivity contribution in [3.8, 4) is 0 Å². The van der Waals surface area contributed by atoms with Crippen LogP contribution in [0.4, 0.5) is 5.69 Å². The average molecular weight is 339 g/mol. The van der Waals surface area contributed by atoms with Gasteiger partial charge in [-0.1, -0.05) is 6.08 Å². The summed E-state index contributed by atoms with van der Waals surface area (Å²) in [5.41, 5.74) is 0.552. The molecule has 7 nitrogen and oxygen atoms in total. The Kier molecular flexibility index (Phi) is 6.28. The third-order valence-electron chi connectivity index (χ3n) is 3.32. The maximum atomic E-state index is 12.5. The first-order valence-electron chi connectivity index (χ1n) is 7.33. The lowest BCUT2D eigenvalue weighted by Gasteiger charge is -2.26. The Morgan fingerprint density at radius 2 is 1.91 bits per heavy atom. The van der Waals surface area contributed by atoms with Crippen LogP contribution in [-0.4, -0.2) is 58.0 Å². The number of carbonyl (C=O) groups excluding carboxylic acids is 1. The Morgan fingerprint density at radius 3 is 2.52 bits per heavy atom. The normalized spacial score (nSPS) is 16.0. The van der Waals surface area contributed by atoms with Gasteiger partial charge in [-0.25, -0.2) is 8.42 Å². The molecule has 0 radical (unpaired) electrons. The number of hydrogen-bond acceptors (Lipinski definition) is 5. The van der Waals surface area contributed by atoms with E-state index in [-0.39, 0.29) is 17.3 Å². The largest absolute Gasteiger partial charge is 0.379 e. The highest BCUT2D eigenvalue weighted by Gasteiger charge is 2.26. The molecule has 0 unspecified atom stereocenters. The Labute approximate surface area is 136 Å². The van der Waals surface area contributed by atoms with Gasteiger partial charge in [0.2, 0.25) is 15.9 Å². The number of morpholine rings is 1. The number of sulfonamides is 1. The summed E-state index contributed by atoms with van der Waals surface area (Å²) in [4.78, 5) is 11.9. The summed E-state index contributed by atoms with van der Waals surface area (Å²) in [6.07, 6.45) is 1.67. The van der Waals surface area contributed by atoms with E-state index in [1.54, 1.807) is 18.2 Å². The van der Waals surface area contributed by atoms with Gasteiger partial charge in [-0.05, 0) is 24.3 Å². The topological polar surface area (TPSA) is 87.7 Å². The van der Waals surface area contributed by atoms with Crippen molar-refractivity contribution in [3.05, 3.63) is 36.9 Å². The van der Waals surface area contributed by atoms with E-state index >= 15 is 0 Å². The van der Waals surface area contributed by atoms with Crippen molar-refractivity contribution in [2.45, 2.75) is 4.90 Å². The van der Waals surface area contributed by atoms with E-state index in [2.05, 4.69) is 17.2 Å². The summed E-state index contributed by atoms with van der Waals surface area (Å²) in [6, 6.07) is 6.16. The first kappa shape index (κ1) is 17.6. The van der Waals surface area contributed by atoms with Crippen molar-refractivity contribution < 1.29 is 17.9 Å². The van der Waals surface area contributed by atoms with E-state index in [0.717, 1.165) is 0 Å². The van der Waals surface area contributed by atoms with Crippen molar-refractivity contribution in [1.29, 1.82) is 0 Å². The molecule has 1 aliphatic rings. The summed E-state index contributed by atoms with van der Waals surface area (Å²) in [5, 5.41) is 5.58. The molecule has 126 valence electrons. The number of ether oxygens (including phenoxy) is 1. The van der Waals surface area contributed by atoms with Crippen LogP contribution in [-0.2, 0) is 19.6 Å². The minimum absolute atomic E-state index is 0.167. The summed E-state index contributed by atoms with van der Waals surface area (Å²) in [6.45, 7) is 5.79. The van der Waals surface area contributed by atoms with Gasteiger partial charge in [0.15, 0.2) is 0 Å². The molecule has 1 amide bonds. The predicted octanol–water partition coefficient (Wildman–Crippen LogP) is 0.422. The van der Waals surface area contributed by atoms with E-state index in [9.17, 15) is 13.2 Å². The number of nitrogens with one attached hydrogen (secondary N) is 2.